The standard InChI is InChI=1S/C10H13FN3O8P/c11-6-7(16)5(3-21-23(18,19)20)22-9(6)14-1-4(2-15)8(12)13-10(14)17/h1-2,5-7,9,16H,3H2,(H2,12,13,17)(H2,18,19,20)/t5-,6+,7-,9-/m1/s1. The topological polar surface area (TPSA) is 174 Å². The van der Waals surface area contributed by atoms with E-state index >= 15 is 0 Å². The lowest BCUT2D eigenvalue weighted by molar-refractivity contribution is -0.0483. The summed E-state index contributed by atoms with van der Waals surface area (Å²) in [4.78, 5) is 43.1. The number of hydrogen-bond acceptors (Lipinski definition) is 8. The minimum absolute atomic E-state index is 0.190. The normalized spacial score (nSPS) is 28.0. The third-order valence-corrected chi connectivity index (χ3v) is 3.60. The summed E-state index contributed by atoms with van der Waals surface area (Å²) in [5, 5.41) is 9.70. The van der Waals surface area contributed by atoms with E-state index in [-0.39, 0.29) is 11.4 Å². The first kappa shape index (κ1) is 17.7. The number of aliphatic hydroxyl groups excluding tert-OH is 1. The fraction of sp³-hybridized carbons (Fsp3) is 0.500. The molecule has 0 aromatic carbocycles. The van der Waals surface area contributed by atoms with Gasteiger partial charge in [0.25, 0.3) is 0 Å². The Balaban J connectivity index is 2.26. The maximum absolute atomic E-state index is 14.1. The minimum Gasteiger partial charge on any atom is -0.387 e. The number of aliphatic hydroxyl groups is 1. The van der Waals surface area contributed by atoms with Gasteiger partial charge in [-0.3, -0.25) is 13.9 Å². The Labute approximate surface area is 127 Å². The number of phosphoric ester groups is 1. The van der Waals surface area contributed by atoms with E-state index < -0.39 is 44.7 Å². The van der Waals surface area contributed by atoms with Crippen LogP contribution in [0.5, 0.6) is 0 Å². The van der Waals surface area contributed by atoms with Crippen LogP contribution in [0.1, 0.15) is 16.6 Å². The lowest BCUT2D eigenvalue weighted by atomic mass is 10.1. The Kier molecular flexibility index (Phi) is 4.94. The van der Waals surface area contributed by atoms with Gasteiger partial charge in [-0.2, -0.15) is 4.98 Å². The summed E-state index contributed by atoms with van der Waals surface area (Å²) in [6, 6.07) is 0. The summed E-state index contributed by atoms with van der Waals surface area (Å²) < 4.78 is 34.6. The number of nitrogens with two attached hydrogens (primary N) is 1. The molecule has 1 aromatic heterocycles. The second kappa shape index (κ2) is 6.43. The monoisotopic (exact) mass is 353 g/mol. The van der Waals surface area contributed by atoms with Crippen LogP contribution in [0.15, 0.2) is 11.0 Å². The van der Waals surface area contributed by atoms with E-state index in [0.29, 0.717) is 10.9 Å². The highest BCUT2D eigenvalue weighted by atomic mass is 31.2. The lowest BCUT2D eigenvalue weighted by Crippen LogP contribution is -2.34. The van der Waals surface area contributed by atoms with Gasteiger partial charge in [-0.25, -0.2) is 13.8 Å². The first-order chi connectivity index (χ1) is 10.6. The molecule has 1 fully saturated rings. The molecule has 0 aliphatic carbocycles. The van der Waals surface area contributed by atoms with Crippen LogP contribution >= 0.6 is 7.82 Å². The molecule has 0 saturated carbocycles. The van der Waals surface area contributed by atoms with E-state index in [1.807, 2.05) is 0 Å². The SMILES string of the molecule is Nc1nc(=O)n([C@@H]2O[C@H](COP(=O)(O)O)[C@@H](O)[C@@H]2F)cc1C=O. The van der Waals surface area contributed by atoms with E-state index in [1.54, 1.807) is 0 Å². The third kappa shape index (κ3) is 3.80. The quantitative estimate of drug-likeness (QED) is 0.354. The molecule has 2 heterocycles. The van der Waals surface area contributed by atoms with Crippen LogP contribution < -0.4 is 11.4 Å². The number of ether oxygens (including phenoxy) is 1. The number of hydrogen-bond donors (Lipinski definition) is 4. The van der Waals surface area contributed by atoms with E-state index in [2.05, 4.69) is 9.51 Å². The van der Waals surface area contributed by atoms with Crippen molar-refractivity contribution in [2.75, 3.05) is 12.3 Å². The number of nitrogen functional groups attached to an aromatic ring is 1. The number of halogens is 1. The van der Waals surface area contributed by atoms with E-state index in [1.165, 1.54) is 0 Å². The smallest absolute Gasteiger partial charge is 0.387 e. The van der Waals surface area contributed by atoms with Gasteiger partial charge in [-0.15, -0.1) is 0 Å². The number of anilines is 1. The van der Waals surface area contributed by atoms with Crippen LogP contribution in [0.2, 0.25) is 0 Å². The molecule has 0 amide bonds. The van der Waals surface area contributed by atoms with Gasteiger partial charge in [0, 0.05) is 6.20 Å². The molecule has 11 nitrogen and oxygen atoms in total. The zero-order valence-corrected chi connectivity index (χ0v) is 12.2. The molecule has 1 aliphatic rings. The Hall–Kier alpha value is -1.69. The van der Waals surface area contributed by atoms with Crippen molar-refractivity contribution in [3.63, 3.8) is 0 Å². The number of nitrogens with zero attached hydrogens (tertiary/aromatic N) is 2. The molecular formula is C10H13FN3O8P. The average Bonchev–Trinajstić information content (AvgIpc) is 2.73. The fourth-order valence-electron chi connectivity index (χ4n) is 2.01. The number of phosphoric acid groups is 1. The molecule has 13 heteroatoms. The molecule has 4 atom stereocenters. The number of rotatable bonds is 5. The highest BCUT2D eigenvalue weighted by Crippen LogP contribution is 2.38. The summed E-state index contributed by atoms with van der Waals surface area (Å²) in [5.74, 6) is -0.350. The molecule has 0 unspecified atom stereocenters. The molecular weight excluding hydrogens is 340 g/mol. The first-order valence-corrected chi connectivity index (χ1v) is 7.68. The molecule has 0 spiro atoms. The van der Waals surface area contributed by atoms with E-state index in [0.717, 1.165) is 6.20 Å². The largest absolute Gasteiger partial charge is 0.469 e. The summed E-state index contributed by atoms with van der Waals surface area (Å²) in [6.07, 6.45) is -5.82. The van der Waals surface area contributed by atoms with Crippen molar-refractivity contribution in [1.29, 1.82) is 0 Å². The van der Waals surface area contributed by atoms with E-state index in [4.69, 9.17) is 20.3 Å². The average molecular weight is 353 g/mol. The molecule has 23 heavy (non-hydrogen) atoms. The molecule has 2 rings (SSSR count). The summed E-state index contributed by atoms with van der Waals surface area (Å²) >= 11 is 0. The van der Waals surface area contributed by atoms with Crippen LogP contribution in [0.4, 0.5) is 10.2 Å². The lowest BCUT2D eigenvalue weighted by Gasteiger charge is -2.16. The molecule has 0 bridgehead atoms. The maximum atomic E-state index is 14.1. The Morgan fingerprint density at radius 3 is 2.78 bits per heavy atom. The van der Waals surface area contributed by atoms with Gasteiger partial charge in [-0.1, -0.05) is 0 Å². The number of aromatic nitrogens is 2. The Bertz CT molecular complexity index is 706. The number of carbonyl (C=O) groups is 1. The highest BCUT2D eigenvalue weighted by Gasteiger charge is 2.46. The van der Waals surface area contributed by atoms with Crippen molar-refractivity contribution in [2.45, 2.75) is 24.6 Å². The predicted octanol–water partition coefficient (Wildman–Crippen LogP) is -1.66. The predicted molar refractivity (Wildman–Crippen MR) is 71.1 cm³/mol. The van der Waals surface area contributed by atoms with Crippen LogP contribution in [0.3, 0.4) is 0 Å². The summed E-state index contributed by atoms with van der Waals surface area (Å²) in [6.45, 7) is -0.806. The van der Waals surface area contributed by atoms with Crippen LogP contribution in [-0.2, 0) is 13.8 Å². The number of carbonyl (C=O) groups excluding carboxylic acids is 1. The second-order valence-corrected chi connectivity index (χ2v) is 5.91. The van der Waals surface area contributed by atoms with Crippen molar-refractivity contribution >= 4 is 19.9 Å². The van der Waals surface area contributed by atoms with Crippen molar-refractivity contribution in [3.8, 4) is 0 Å². The van der Waals surface area contributed by atoms with E-state index in [9.17, 15) is 23.7 Å². The first-order valence-electron chi connectivity index (χ1n) is 6.15. The van der Waals surface area contributed by atoms with Gasteiger partial charge in [0.05, 0.1) is 12.2 Å². The molecule has 1 aliphatic heterocycles. The summed E-state index contributed by atoms with van der Waals surface area (Å²) in [7, 11) is -4.84. The maximum Gasteiger partial charge on any atom is 0.469 e. The van der Waals surface area contributed by atoms with Crippen molar-refractivity contribution in [1.82, 2.24) is 9.55 Å². The van der Waals surface area contributed by atoms with Gasteiger partial charge in [0.2, 0.25) is 0 Å². The van der Waals surface area contributed by atoms with Crippen molar-refractivity contribution < 1.29 is 37.9 Å². The Morgan fingerprint density at radius 2 is 2.22 bits per heavy atom. The van der Waals surface area contributed by atoms with Crippen molar-refractivity contribution in [2.24, 2.45) is 0 Å². The zero-order chi connectivity index (χ0) is 17.4. The summed E-state index contributed by atoms with van der Waals surface area (Å²) in [5.41, 5.74) is 4.12. The van der Waals surface area contributed by atoms with Crippen LogP contribution in [-0.4, -0.2) is 55.7 Å². The molecule has 0 radical (unpaired) electrons. The molecule has 5 N–H and O–H groups in total. The zero-order valence-electron chi connectivity index (χ0n) is 11.4. The minimum atomic E-state index is -4.84. The van der Waals surface area contributed by atoms with Gasteiger partial charge in [-0.05, 0) is 0 Å². The van der Waals surface area contributed by atoms with Crippen molar-refractivity contribution in [3.05, 3.63) is 22.2 Å². The highest BCUT2D eigenvalue weighted by molar-refractivity contribution is 7.46. The Morgan fingerprint density at radius 1 is 1.57 bits per heavy atom. The van der Waals surface area contributed by atoms with Gasteiger partial charge in [0.1, 0.15) is 18.0 Å². The number of alkyl halides is 1. The molecule has 1 aromatic rings. The van der Waals surface area contributed by atoms with Crippen LogP contribution in [0.25, 0.3) is 0 Å². The number of aldehydes is 1. The second-order valence-electron chi connectivity index (χ2n) is 4.68. The fourth-order valence-corrected chi connectivity index (χ4v) is 2.35. The van der Waals surface area contributed by atoms with Gasteiger partial charge >= 0.3 is 13.5 Å². The molecule has 1 saturated heterocycles. The van der Waals surface area contributed by atoms with Gasteiger partial charge < -0.3 is 25.4 Å². The van der Waals surface area contributed by atoms with Gasteiger partial charge in [0.15, 0.2) is 18.7 Å². The third-order valence-electron chi connectivity index (χ3n) is 3.11. The molecule has 128 valence electrons. The van der Waals surface area contributed by atoms with Crippen LogP contribution in [0, 0.1) is 0 Å².